The van der Waals surface area contributed by atoms with Gasteiger partial charge in [0.1, 0.15) is 5.66 Å². The standard InChI is InChI=1S/C31H28N6O/c1-31(2)32-28-9-5-8-24-27(16-17-29(33-31)30(24)28)37-36-26-15-14-25(22-6-3-4-7-23(22)26)35-34-21-12-10-20(11-13-21)18-19-38/h3-17,32-33,38H,18-19H2,1-2H3/b35-34?,37-36+. The number of azo groups is 2. The average Bonchev–Trinajstić information content (AvgIpc) is 2.92. The zero-order valence-corrected chi connectivity index (χ0v) is 21.3. The molecule has 5 aromatic rings. The van der Waals surface area contributed by atoms with Gasteiger partial charge in [0, 0.05) is 39.5 Å². The Kier molecular flexibility index (Phi) is 6.05. The van der Waals surface area contributed by atoms with Crippen LogP contribution >= 0.6 is 0 Å². The molecule has 0 bridgehead atoms. The van der Waals surface area contributed by atoms with Crippen LogP contribution in [0, 0.1) is 0 Å². The van der Waals surface area contributed by atoms with Crippen LogP contribution in [0.15, 0.2) is 111 Å². The lowest BCUT2D eigenvalue weighted by atomic mass is 10.00. The van der Waals surface area contributed by atoms with Crippen molar-refractivity contribution >= 4 is 55.7 Å². The average molecular weight is 501 g/mol. The van der Waals surface area contributed by atoms with Crippen molar-refractivity contribution in [1.29, 1.82) is 0 Å². The topological polar surface area (TPSA) is 93.7 Å². The highest BCUT2D eigenvalue weighted by molar-refractivity contribution is 6.09. The molecular weight excluding hydrogens is 472 g/mol. The van der Waals surface area contributed by atoms with Gasteiger partial charge >= 0.3 is 0 Å². The summed E-state index contributed by atoms with van der Waals surface area (Å²) < 4.78 is 0. The second-order valence-corrected chi connectivity index (χ2v) is 9.92. The Bertz CT molecular complexity index is 1690. The lowest BCUT2D eigenvalue weighted by molar-refractivity contribution is 0.299. The molecule has 6 rings (SSSR count). The summed E-state index contributed by atoms with van der Waals surface area (Å²) >= 11 is 0. The number of rotatable bonds is 6. The highest BCUT2D eigenvalue weighted by Gasteiger charge is 2.25. The Morgan fingerprint density at radius 2 is 1.16 bits per heavy atom. The Morgan fingerprint density at radius 1 is 0.605 bits per heavy atom. The van der Waals surface area contributed by atoms with Crippen LogP contribution in [0.2, 0.25) is 0 Å². The van der Waals surface area contributed by atoms with Gasteiger partial charge in [0.05, 0.1) is 22.7 Å². The van der Waals surface area contributed by atoms with E-state index in [-0.39, 0.29) is 12.3 Å². The lowest BCUT2D eigenvalue weighted by Gasteiger charge is -2.36. The quantitative estimate of drug-likeness (QED) is 0.203. The molecule has 0 amide bonds. The number of aliphatic hydroxyl groups excluding tert-OH is 1. The van der Waals surface area contributed by atoms with Crippen molar-refractivity contribution in [3.8, 4) is 0 Å². The summed E-state index contributed by atoms with van der Waals surface area (Å²) in [6.07, 6.45) is 0.630. The first-order valence-corrected chi connectivity index (χ1v) is 12.7. The van der Waals surface area contributed by atoms with Crippen molar-refractivity contribution in [3.05, 3.63) is 96.6 Å². The van der Waals surface area contributed by atoms with E-state index in [0.717, 1.165) is 61.2 Å². The van der Waals surface area contributed by atoms with Crippen molar-refractivity contribution in [3.63, 3.8) is 0 Å². The van der Waals surface area contributed by atoms with E-state index in [1.807, 2.05) is 72.8 Å². The molecule has 0 aromatic heterocycles. The lowest BCUT2D eigenvalue weighted by Crippen LogP contribution is -2.41. The Hall–Kier alpha value is -4.62. The van der Waals surface area contributed by atoms with Gasteiger partial charge in [-0.05, 0) is 68.3 Å². The van der Waals surface area contributed by atoms with E-state index in [4.69, 9.17) is 5.11 Å². The third-order valence-electron chi connectivity index (χ3n) is 6.67. The summed E-state index contributed by atoms with van der Waals surface area (Å²) in [5.74, 6) is 0. The van der Waals surface area contributed by atoms with Gasteiger partial charge in [0.2, 0.25) is 0 Å². The summed E-state index contributed by atoms with van der Waals surface area (Å²) in [6, 6.07) is 29.9. The number of nitrogens with zero attached hydrogens (tertiary/aromatic N) is 4. The van der Waals surface area contributed by atoms with E-state index in [1.165, 1.54) is 0 Å². The molecule has 7 heteroatoms. The van der Waals surface area contributed by atoms with Crippen LogP contribution in [0.1, 0.15) is 19.4 Å². The molecular formula is C31H28N6O. The molecule has 0 fully saturated rings. The van der Waals surface area contributed by atoms with E-state index in [0.29, 0.717) is 6.42 Å². The van der Waals surface area contributed by atoms with E-state index in [1.54, 1.807) is 0 Å². The predicted molar refractivity (Wildman–Crippen MR) is 155 cm³/mol. The molecule has 0 saturated carbocycles. The molecule has 0 unspecified atom stereocenters. The van der Waals surface area contributed by atoms with Gasteiger partial charge in [-0.1, -0.05) is 48.5 Å². The van der Waals surface area contributed by atoms with Crippen molar-refractivity contribution in [1.82, 2.24) is 0 Å². The molecule has 38 heavy (non-hydrogen) atoms. The first-order valence-electron chi connectivity index (χ1n) is 12.7. The van der Waals surface area contributed by atoms with Crippen molar-refractivity contribution in [2.24, 2.45) is 20.5 Å². The van der Waals surface area contributed by atoms with Gasteiger partial charge < -0.3 is 15.7 Å². The maximum atomic E-state index is 9.10. The normalized spacial score (nSPS) is 14.3. The number of nitrogens with one attached hydrogen (secondary N) is 2. The fourth-order valence-corrected chi connectivity index (χ4v) is 4.91. The smallest absolute Gasteiger partial charge is 0.102 e. The fourth-order valence-electron chi connectivity index (χ4n) is 4.91. The zero-order chi connectivity index (χ0) is 26.1. The van der Waals surface area contributed by atoms with Crippen LogP contribution in [-0.2, 0) is 6.42 Å². The first kappa shape index (κ1) is 23.8. The van der Waals surface area contributed by atoms with Crippen LogP contribution in [0.25, 0.3) is 21.5 Å². The molecule has 0 saturated heterocycles. The number of aliphatic hydroxyl groups is 1. The Morgan fingerprint density at radius 3 is 1.82 bits per heavy atom. The monoisotopic (exact) mass is 500 g/mol. The summed E-state index contributed by atoms with van der Waals surface area (Å²) in [4.78, 5) is 0. The third-order valence-corrected chi connectivity index (χ3v) is 6.67. The predicted octanol–water partition coefficient (Wildman–Crippen LogP) is 8.93. The van der Waals surface area contributed by atoms with Gasteiger partial charge in [-0.25, -0.2) is 0 Å². The molecule has 3 N–H and O–H groups in total. The van der Waals surface area contributed by atoms with Crippen LogP contribution in [0.5, 0.6) is 0 Å². The fraction of sp³-hybridized carbons (Fsp3) is 0.161. The highest BCUT2D eigenvalue weighted by atomic mass is 16.2. The summed E-state index contributed by atoms with van der Waals surface area (Å²) in [5.41, 5.74) is 6.11. The number of benzene rings is 5. The van der Waals surface area contributed by atoms with Gasteiger partial charge in [0.15, 0.2) is 0 Å². The second kappa shape index (κ2) is 9.68. The molecule has 0 spiro atoms. The molecule has 1 heterocycles. The van der Waals surface area contributed by atoms with E-state index in [9.17, 15) is 0 Å². The van der Waals surface area contributed by atoms with E-state index >= 15 is 0 Å². The summed E-state index contributed by atoms with van der Waals surface area (Å²) in [6.45, 7) is 4.36. The molecule has 1 aliphatic rings. The van der Waals surface area contributed by atoms with Crippen LogP contribution in [0.4, 0.5) is 34.1 Å². The molecule has 0 aliphatic carbocycles. The maximum Gasteiger partial charge on any atom is 0.102 e. The molecule has 0 atom stereocenters. The van der Waals surface area contributed by atoms with Gasteiger partial charge in [-0.2, -0.15) is 5.11 Å². The van der Waals surface area contributed by atoms with Gasteiger partial charge in [-0.3, -0.25) is 0 Å². The number of anilines is 2. The van der Waals surface area contributed by atoms with Crippen molar-refractivity contribution in [2.75, 3.05) is 17.2 Å². The van der Waals surface area contributed by atoms with Gasteiger partial charge in [0.25, 0.3) is 0 Å². The molecule has 0 radical (unpaired) electrons. The summed E-state index contributed by atoms with van der Waals surface area (Å²) in [7, 11) is 0. The van der Waals surface area contributed by atoms with Gasteiger partial charge in [-0.15, -0.1) is 15.3 Å². The van der Waals surface area contributed by atoms with Crippen LogP contribution < -0.4 is 10.6 Å². The summed E-state index contributed by atoms with van der Waals surface area (Å²) in [5, 5.41) is 38.6. The minimum absolute atomic E-state index is 0.131. The van der Waals surface area contributed by atoms with Crippen molar-refractivity contribution in [2.45, 2.75) is 25.9 Å². The maximum absolute atomic E-state index is 9.10. The number of hydrogen-bond donors (Lipinski definition) is 3. The molecule has 1 aliphatic heterocycles. The SMILES string of the molecule is CC1(C)Nc2cccc3c(/N=N/c4ccc(N=Nc5ccc(CCO)cc5)c5ccccc45)ccc(c23)N1. The zero-order valence-electron chi connectivity index (χ0n) is 21.3. The minimum Gasteiger partial charge on any atom is -0.396 e. The third kappa shape index (κ3) is 4.60. The van der Waals surface area contributed by atoms with Crippen LogP contribution in [-0.4, -0.2) is 17.4 Å². The second-order valence-electron chi connectivity index (χ2n) is 9.92. The van der Waals surface area contributed by atoms with Crippen molar-refractivity contribution < 1.29 is 5.11 Å². The Labute approximate surface area is 221 Å². The number of fused-ring (bicyclic) bond motifs is 1. The largest absolute Gasteiger partial charge is 0.396 e. The minimum atomic E-state index is -0.230. The first-order chi connectivity index (χ1) is 18.5. The number of hydrogen-bond acceptors (Lipinski definition) is 7. The van der Waals surface area contributed by atoms with E-state index < -0.39 is 0 Å². The van der Waals surface area contributed by atoms with Crippen LogP contribution in [0.3, 0.4) is 0 Å². The molecule has 7 nitrogen and oxygen atoms in total. The molecule has 188 valence electrons. The highest BCUT2D eigenvalue weighted by Crippen LogP contribution is 2.42. The molecule has 5 aromatic carbocycles. The Balaban J connectivity index is 1.33. The van der Waals surface area contributed by atoms with E-state index in [2.05, 4.69) is 63.1 Å².